The molecule has 0 aliphatic heterocycles. The second-order valence-corrected chi connectivity index (χ2v) is 2.29. The lowest BCUT2D eigenvalue weighted by molar-refractivity contribution is 0.975. The van der Waals surface area contributed by atoms with Gasteiger partial charge in [0.1, 0.15) is 0 Å². The monoisotopic (exact) mass is 132 g/mol. The molecule has 0 aromatic carbocycles. The summed E-state index contributed by atoms with van der Waals surface area (Å²) in [6, 6.07) is 0. The summed E-state index contributed by atoms with van der Waals surface area (Å²) in [4.78, 5) is 0. The Labute approximate surface area is 54.5 Å². The summed E-state index contributed by atoms with van der Waals surface area (Å²) >= 11 is 1.55. The molecule has 0 saturated carbocycles. The van der Waals surface area contributed by atoms with Crippen molar-refractivity contribution in [3.63, 3.8) is 0 Å². The Bertz CT molecular complexity index is 86.6. The fraction of sp³-hybridized carbons (Fsp3) is 0.600. The number of hydrogen-bond donors (Lipinski definition) is 2. The molecular formula is C5H12N2S. The zero-order valence-corrected chi connectivity index (χ0v) is 6.30. The van der Waals surface area contributed by atoms with Gasteiger partial charge in [-0.15, -0.1) is 11.8 Å². The van der Waals surface area contributed by atoms with Crippen LogP contribution in [0.15, 0.2) is 10.7 Å². The first kappa shape index (κ1) is 7.69. The molecule has 0 atom stereocenters. The Balaban J connectivity index is 3.83. The van der Waals surface area contributed by atoms with Crippen LogP contribution in [0.5, 0.6) is 0 Å². The highest BCUT2D eigenvalue weighted by Gasteiger charge is 1.88. The minimum Gasteiger partial charge on any atom is -0.392 e. The molecule has 0 aliphatic rings. The van der Waals surface area contributed by atoms with E-state index in [0.717, 1.165) is 10.7 Å². The van der Waals surface area contributed by atoms with Crippen molar-refractivity contribution >= 4 is 11.8 Å². The molecule has 0 spiro atoms. The zero-order valence-electron chi connectivity index (χ0n) is 5.49. The fourth-order valence-corrected chi connectivity index (χ4v) is 0.685. The van der Waals surface area contributed by atoms with Crippen LogP contribution >= 0.6 is 11.8 Å². The quantitative estimate of drug-likeness (QED) is 0.581. The smallest absolute Gasteiger partial charge is 0.0842 e. The van der Waals surface area contributed by atoms with Crippen LogP contribution in [0.4, 0.5) is 0 Å². The highest BCUT2D eigenvalue weighted by Crippen LogP contribution is 2.06. The molecular weight excluding hydrogens is 120 g/mol. The van der Waals surface area contributed by atoms with E-state index in [2.05, 4.69) is 5.32 Å². The third kappa shape index (κ3) is 2.12. The molecule has 0 aromatic heterocycles. The van der Waals surface area contributed by atoms with Crippen molar-refractivity contribution in [2.45, 2.75) is 6.92 Å². The summed E-state index contributed by atoms with van der Waals surface area (Å²) in [7, 11) is 1.86. The lowest BCUT2D eigenvalue weighted by Crippen LogP contribution is -2.08. The van der Waals surface area contributed by atoms with Gasteiger partial charge in [-0.3, -0.25) is 0 Å². The Kier molecular flexibility index (Phi) is 3.52. The van der Waals surface area contributed by atoms with Gasteiger partial charge in [0, 0.05) is 12.7 Å². The second-order valence-electron chi connectivity index (χ2n) is 1.44. The van der Waals surface area contributed by atoms with E-state index in [-0.39, 0.29) is 0 Å². The van der Waals surface area contributed by atoms with Gasteiger partial charge in [-0.2, -0.15) is 0 Å². The molecule has 48 valence electrons. The summed E-state index contributed by atoms with van der Waals surface area (Å²) in [5.41, 5.74) is 6.55. The molecule has 0 radical (unpaired) electrons. The van der Waals surface area contributed by atoms with Gasteiger partial charge in [-0.05, 0) is 13.2 Å². The normalized spacial score (nSPS) is 12.9. The molecule has 3 N–H and O–H groups in total. The number of allylic oxidation sites excluding steroid dienone is 1. The van der Waals surface area contributed by atoms with Crippen molar-refractivity contribution in [3.05, 3.63) is 10.7 Å². The average Bonchev–Trinajstić information content (AvgIpc) is 1.84. The maximum atomic E-state index is 5.51. The van der Waals surface area contributed by atoms with Crippen molar-refractivity contribution in [1.29, 1.82) is 0 Å². The number of nitrogens with one attached hydrogen (secondary N) is 1. The largest absolute Gasteiger partial charge is 0.392 e. The van der Waals surface area contributed by atoms with E-state index < -0.39 is 0 Å². The van der Waals surface area contributed by atoms with Gasteiger partial charge in [-0.25, -0.2) is 0 Å². The molecule has 3 heteroatoms. The fourth-order valence-electron chi connectivity index (χ4n) is 0.276. The standard InChI is InChI=1S/C5H12N2S/c1-4(7-2)5(6)8-3/h7H,6H2,1-3H3/b5-4+. The summed E-state index contributed by atoms with van der Waals surface area (Å²) in [5, 5.41) is 3.80. The predicted molar refractivity (Wildman–Crippen MR) is 39.5 cm³/mol. The topological polar surface area (TPSA) is 38.0 Å². The van der Waals surface area contributed by atoms with Crippen LogP contribution < -0.4 is 11.1 Å². The predicted octanol–water partition coefficient (Wildman–Crippen LogP) is 0.717. The third-order valence-electron chi connectivity index (χ3n) is 0.965. The lowest BCUT2D eigenvalue weighted by atomic mass is 10.5. The molecule has 2 nitrogen and oxygen atoms in total. The minimum atomic E-state index is 0.854. The Hall–Kier alpha value is -0.310. The van der Waals surface area contributed by atoms with Crippen LogP contribution in [0.25, 0.3) is 0 Å². The van der Waals surface area contributed by atoms with Crippen LogP contribution in [0.2, 0.25) is 0 Å². The van der Waals surface area contributed by atoms with Crippen molar-refractivity contribution in [2.24, 2.45) is 5.73 Å². The third-order valence-corrected chi connectivity index (χ3v) is 1.71. The average molecular weight is 132 g/mol. The van der Waals surface area contributed by atoms with Crippen LogP contribution in [0.3, 0.4) is 0 Å². The first-order valence-electron chi connectivity index (χ1n) is 2.40. The van der Waals surface area contributed by atoms with E-state index in [1.54, 1.807) is 11.8 Å². The van der Waals surface area contributed by atoms with Crippen molar-refractivity contribution in [2.75, 3.05) is 13.3 Å². The Morgan fingerprint density at radius 2 is 2.12 bits per heavy atom. The van der Waals surface area contributed by atoms with Crippen molar-refractivity contribution in [3.8, 4) is 0 Å². The van der Waals surface area contributed by atoms with E-state index in [1.165, 1.54) is 0 Å². The van der Waals surface area contributed by atoms with E-state index >= 15 is 0 Å². The molecule has 0 fully saturated rings. The lowest BCUT2D eigenvalue weighted by Gasteiger charge is -2.01. The van der Waals surface area contributed by atoms with Crippen LogP contribution in [0.1, 0.15) is 6.92 Å². The molecule has 0 rings (SSSR count). The highest BCUT2D eigenvalue weighted by atomic mass is 32.2. The van der Waals surface area contributed by atoms with Gasteiger partial charge in [-0.1, -0.05) is 0 Å². The Morgan fingerprint density at radius 3 is 2.25 bits per heavy atom. The first-order valence-corrected chi connectivity index (χ1v) is 3.63. The maximum Gasteiger partial charge on any atom is 0.0842 e. The van der Waals surface area contributed by atoms with Gasteiger partial charge in [0.2, 0.25) is 0 Å². The van der Waals surface area contributed by atoms with Gasteiger partial charge >= 0.3 is 0 Å². The maximum absolute atomic E-state index is 5.51. The molecule has 0 aliphatic carbocycles. The van der Waals surface area contributed by atoms with Gasteiger partial charge in [0.25, 0.3) is 0 Å². The number of hydrogen-bond acceptors (Lipinski definition) is 3. The van der Waals surface area contributed by atoms with E-state index in [9.17, 15) is 0 Å². The first-order chi connectivity index (χ1) is 3.72. The van der Waals surface area contributed by atoms with Crippen molar-refractivity contribution < 1.29 is 0 Å². The van der Waals surface area contributed by atoms with Crippen LogP contribution in [-0.2, 0) is 0 Å². The van der Waals surface area contributed by atoms with Gasteiger partial charge in [0.15, 0.2) is 0 Å². The summed E-state index contributed by atoms with van der Waals surface area (Å²) < 4.78 is 0. The van der Waals surface area contributed by atoms with Gasteiger partial charge in [0.05, 0.1) is 5.03 Å². The summed E-state index contributed by atoms with van der Waals surface area (Å²) in [6.45, 7) is 1.95. The second kappa shape index (κ2) is 3.66. The number of rotatable bonds is 2. The molecule has 0 aromatic rings. The molecule has 0 amide bonds. The summed E-state index contributed by atoms with van der Waals surface area (Å²) in [6.07, 6.45) is 1.95. The molecule has 0 unspecified atom stereocenters. The highest BCUT2D eigenvalue weighted by molar-refractivity contribution is 8.02. The molecule has 0 saturated heterocycles. The van der Waals surface area contributed by atoms with Crippen LogP contribution in [-0.4, -0.2) is 13.3 Å². The van der Waals surface area contributed by atoms with Crippen LogP contribution in [0, 0.1) is 0 Å². The molecule has 0 bridgehead atoms. The number of nitrogens with two attached hydrogens (primary N) is 1. The number of thioether (sulfide) groups is 1. The zero-order chi connectivity index (χ0) is 6.57. The SMILES string of the molecule is CN/C(C)=C(\N)SC. The van der Waals surface area contributed by atoms with E-state index in [1.807, 2.05) is 20.2 Å². The van der Waals surface area contributed by atoms with Gasteiger partial charge < -0.3 is 11.1 Å². The molecule has 0 heterocycles. The van der Waals surface area contributed by atoms with Crippen molar-refractivity contribution in [1.82, 2.24) is 5.32 Å². The Morgan fingerprint density at radius 1 is 1.62 bits per heavy atom. The minimum absolute atomic E-state index is 0.854. The van der Waals surface area contributed by atoms with E-state index in [4.69, 9.17) is 5.73 Å². The van der Waals surface area contributed by atoms with E-state index in [0.29, 0.717) is 0 Å². The summed E-state index contributed by atoms with van der Waals surface area (Å²) in [5.74, 6) is 0. The molecule has 8 heavy (non-hydrogen) atoms.